The van der Waals surface area contributed by atoms with Gasteiger partial charge in [-0.05, 0) is 229 Å². The predicted octanol–water partition coefficient (Wildman–Crippen LogP) is -5.98. The Bertz CT molecular complexity index is 4640. The first-order valence-electron chi connectivity index (χ1n) is 47.9. The highest BCUT2D eigenvalue weighted by atomic mass is 16.4. The van der Waals surface area contributed by atoms with Crippen LogP contribution in [-0.2, 0) is 101 Å². The highest BCUT2D eigenvalue weighted by Gasteiger charge is 2.41. The number of aromatic amines is 2. The Labute approximate surface area is 812 Å². The second-order valence-electron chi connectivity index (χ2n) is 35.1. The molecule has 2 aromatic heterocycles. The number of carboxylic acid groups (broad SMARTS) is 2. The van der Waals surface area contributed by atoms with E-state index in [1.165, 1.54) is 41.7 Å². The van der Waals surface area contributed by atoms with Crippen LogP contribution in [0.3, 0.4) is 0 Å². The number of aliphatic hydroxyl groups is 1. The van der Waals surface area contributed by atoms with Crippen molar-refractivity contribution in [3.05, 3.63) is 84.1 Å². The molecule has 1 saturated heterocycles. The molecule has 2 aromatic carbocycles. The number of amides is 15. The number of nitrogens with two attached hydrogens (primary N) is 8. The fraction of sp³-hybridized carbons (Fsp3) is 0.615. The van der Waals surface area contributed by atoms with Gasteiger partial charge in [-0.25, -0.2) is 9.78 Å². The van der Waals surface area contributed by atoms with Gasteiger partial charge in [0.25, 0.3) is 0 Å². The number of carbonyl (C=O) groups excluding carboxylic acids is 15. The van der Waals surface area contributed by atoms with Crippen molar-refractivity contribution in [2.45, 2.75) is 278 Å². The van der Waals surface area contributed by atoms with Crippen LogP contribution >= 0.6 is 0 Å². The lowest BCUT2D eigenvalue weighted by atomic mass is 10.0. The van der Waals surface area contributed by atoms with Crippen LogP contribution in [0.5, 0.6) is 5.75 Å². The third-order valence-corrected chi connectivity index (χ3v) is 23.3. The highest BCUT2D eigenvalue weighted by molar-refractivity contribution is 6.01. The predicted molar refractivity (Wildman–Crippen MR) is 516 cm³/mol. The Morgan fingerprint density at radius 1 is 0.457 bits per heavy atom. The lowest BCUT2D eigenvalue weighted by Gasteiger charge is -2.30. The lowest BCUT2D eigenvalue weighted by Crippen LogP contribution is -2.60. The number of H-pyrrole nitrogens is 2. The molecule has 49 heteroatoms. The molecule has 0 unspecified atom stereocenters. The van der Waals surface area contributed by atoms with E-state index in [4.69, 9.17) is 51.3 Å². The number of phenolic OH excluding ortho intramolecular Hbond substituents is 1. The van der Waals surface area contributed by atoms with Gasteiger partial charge in [-0.1, -0.05) is 44.2 Å². The van der Waals surface area contributed by atoms with Crippen LogP contribution in [0.2, 0.25) is 0 Å². The van der Waals surface area contributed by atoms with Crippen LogP contribution in [0, 0.1) is 11.3 Å². The normalized spacial score (nSPS) is 15.1. The van der Waals surface area contributed by atoms with Gasteiger partial charge >= 0.3 is 11.9 Å². The fourth-order valence-corrected chi connectivity index (χ4v) is 15.6. The van der Waals surface area contributed by atoms with Gasteiger partial charge in [-0.15, -0.1) is 0 Å². The summed E-state index contributed by atoms with van der Waals surface area (Å²) >= 11 is 0. The number of nitrogens with zero attached hydrogens (tertiary/aromatic N) is 2. The van der Waals surface area contributed by atoms with Gasteiger partial charge in [0.1, 0.15) is 84.3 Å². The van der Waals surface area contributed by atoms with E-state index >= 15 is 0 Å². The molecule has 0 bridgehead atoms. The Balaban J connectivity index is 1.31. The number of phenols is 1. The summed E-state index contributed by atoms with van der Waals surface area (Å²) < 4.78 is 0. The van der Waals surface area contributed by atoms with E-state index in [0.29, 0.717) is 105 Å². The van der Waals surface area contributed by atoms with Gasteiger partial charge in [0.2, 0.25) is 88.6 Å². The molecule has 778 valence electrons. The van der Waals surface area contributed by atoms with Crippen LogP contribution < -0.4 is 126 Å². The van der Waals surface area contributed by atoms with Crippen molar-refractivity contribution >= 4 is 117 Å². The number of imidazole rings is 1. The van der Waals surface area contributed by atoms with Gasteiger partial charge in [0.05, 0.1) is 32.1 Å². The number of benzene rings is 2. The van der Waals surface area contributed by atoms with Crippen LogP contribution in [0.15, 0.2) is 67.3 Å². The summed E-state index contributed by atoms with van der Waals surface area (Å²) in [7, 11) is 0. The zero-order valence-electron chi connectivity index (χ0n) is 79.8. The summed E-state index contributed by atoms with van der Waals surface area (Å²) in [6, 6.07) is -7.33. The highest BCUT2D eigenvalue weighted by Crippen LogP contribution is 2.24. The number of hydrogen-bond acceptors (Lipinski definition) is 28. The number of para-hydroxylation sites is 1. The summed E-state index contributed by atoms with van der Waals surface area (Å²) in [6.45, 7) is 2.24. The molecule has 1 aliphatic rings. The topological polar surface area (TPSA) is 831 Å². The van der Waals surface area contributed by atoms with Gasteiger partial charge in [-0.3, -0.25) is 82.1 Å². The summed E-state index contributed by atoms with van der Waals surface area (Å²) in [6.07, 6.45) is 7.75. The molecule has 3 heterocycles. The number of hydrogen-bond donors (Lipinski definition) is 30. The van der Waals surface area contributed by atoms with Crippen molar-refractivity contribution in [2.75, 3.05) is 72.1 Å². The van der Waals surface area contributed by atoms with E-state index in [0.717, 1.165) is 0 Å². The Morgan fingerprint density at radius 2 is 0.871 bits per heavy atom. The molecular formula is C91H148N28O21. The van der Waals surface area contributed by atoms with Crippen molar-refractivity contribution in [3.8, 4) is 5.75 Å². The average molecular weight is 1970 g/mol. The maximum absolute atomic E-state index is 14.9. The fourth-order valence-electron chi connectivity index (χ4n) is 15.6. The van der Waals surface area contributed by atoms with Crippen LogP contribution in [0.1, 0.15) is 191 Å². The Kier molecular flexibility index (Phi) is 53.9. The maximum Gasteiger partial charge on any atom is 0.326 e. The largest absolute Gasteiger partial charge is 0.508 e. The van der Waals surface area contributed by atoms with Gasteiger partial charge < -0.3 is 161 Å². The number of unbranched alkanes of at least 4 members (excludes halogenated alkanes) is 6. The molecule has 1 fully saturated rings. The molecular weight excluding hydrogens is 1820 g/mol. The molecule has 38 N–H and O–H groups in total. The molecule has 140 heavy (non-hydrogen) atoms. The first-order valence-corrected chi connectivity index (χ1v) is 47.9. The van der Waals surface area contributed by atoms with Gasteiger partial charge in [0.15, 0.2) is 5.96 Å². The molecule has 49 nitrogen and oxygen atoms in total. The average Bonchev–Trinajstić information content (AvgIpc) is 1.67. The lowest BCUT2D eigenvalue weighted by molar-refractivity contribution is -0.142. The minimum absolute atomic E-state index is 0.00381. The smallest absolute Gasteiger partial charge is 0.326 e. The number of aliphatic carboxylic acids is 2. The summed E-state index contributed by atoms with van der Waals surface area (Å²) in [5, 5.41) is 87.8. The van der Waals surface area contributed by atoms with Crippen molar-refractivity contribution in [1.29, 1.82) is 5.41 Å². The molecule has 0 aliphatic carbocycles. The zero-order valence-corrected chi connectivity index (χ0v) is 79.8. The number of guanidine groups is 1. The van der Waals surface area contributed by atoms with Gasteiger partial charge in [-0.2, -0.15) is 0 Å². The number of carbonyl (C=O) groups is 17. The number of nitrogens with one attached hydrogen (secondary N) is 18. The number of likely N-dealkylation sites (tertiary alicyclic amines) is 1. The van der Waals surface area contributed by atoms with Crippen molar-refractivity contribution in [1.82, 2.24) is 99.6 Å². The number of aliphatic hydroxyl groups excluding tert-OH is 1. The molecule has 0 radical (unpaired) electrons. The Hall–Kier alpha value is -13.1. The molecule has 14 atom stereocenters. The van der Waals surface area contributed by atoms with E-state index in [2.05, 4.69) is 94.7 Å². The number of aromatic hydroxyl groups is 1. The minimum Gasteiger partial charge on any atom is -0.508 e. The first kappa shape index (κ1) is 117. The molecule has 1 aliphatic heterocycles. The van der Waals surface area contributed by atoms with E-state index in [1.54, 1.807) is 44.3 Å². The second-order valence-corrected chi connectivity index (χ2v) is 35.1. The molecule has 5 rings (SSSR count). The van der Waals surface area contributed by atoms with Crippen LogP contribution in [-0.4, -0.2) is 303 Å². The van der Waals surface area contributed by atoms with Gasteiger partial charge in [0, 0.05) is 67.8 Å². The maximum atomic E-state index is 14.9. The van der Waals surface area contributed by atoms with Crippen molar-refractivity contribution in [3.63, 3.8) is 0 Å². The molecule has 0 spiro atoms. The summed E-state index contributed by atoms with van der Waals surface area (Å²) in [5.74, 6) is -16.6. The first-order chi connectivity index (χ1) is 67.0. The number of fused-ring (bicyclic) bond motifs is 1. The van der Waals surface area contributed by atoms with Crippen molar-refractivity contribution in [2.24, 2.45) is 51.8 Å². The monoisotopic (exact) mass is 1970 g/mol. The molecule has 4 aromatic rings. The summed E-state index contributed by atoms with van der Waals surface area (Å²) in [5.41, 5.74) is 48.3. The van der Waals surface area contributed by atoms with Crippen molar-refractivity contribution < 1.29 is 102 Å². The van der Waals surface area contributed by atoms with Crippen LogP contribution in [0.25, 0.3) is 10.9 Å². The van der Waals surface area contributed by atoms with Crippen LogP contribution in [0.4, 0.5) is 0 Å². The van der Waals surface area contributed by atoms with E-state index in [1.807, 2.05) is 0 Å². The molecule has 15 amide bonds. The third kappa shape index (κ3) is 42.7. The number of carboxylic acids is 2. The quantitative estimate of drug-likeness (QED) is 0.0111. The SMILES string of the molecule is CC(C)C[C@H](NC(=O)CNC(=O)[C@H](Cc1ccc(O)cc1)NC(=O)[C@H](CO)NC(=O)[C@H](Cc1c[nH]c2ccccc12)NC(=O)[C@H](Cc1cnc[nH]1)NC(=O)[C@@H](N)CCC(=O)O)C(=O)N[C@@H](CCCNC(=N)N)C(=O)N1CCC[C@H]1C(=O)NCC(=O)N[C@@H](CCCCN)C(=O)N[C@@H](CCCCN)C(=O)N[C@@H](CCCCN)C(=O)N[C@@H](CCCCN)C(=O)N[C@@H](CCCCN)C(=O)N[C@@H](CCCCN)C(=O)O. The van der Waals surface area contributed by atoms with E-state index in [-0.39, 0.29) is 160 Å². The third-order valence-electron chi connectivity index (χ3n) is 23.3. The number of rotatable bonds is 70. The minimum atomic E-state index is -1.85. The van der Waals surface area contributed by atoms with E-state index < -0.39 is 217 Å². The number of aromatic nitrogens is 3. The zero-order chi connectivity index (χ0) is 103. The standard InChI is InChI=1S/C91H148N28O21/c1-53(2)43-68(108-75(123)49-104-78(127)69(44-54-29-31-57(121)32-30-54)116-87(136)72(51-120)118-85(134)70(45-55-47-103-60-20-4-3-19-58(55)60)117-86(135)71(46-56-48-101-52-106-56)115-77(126)59(98)33-34-76(124)125)84(133)113-66(27-17-41-102-91(99)100)89(138)119-42-18-28-73(119)88(137)105-50-74(122)107-61(21-5-11-35-92)79(128)109-62(22-6-12-36-93)80(129)110-63(23-7-13-37-94)81(130)111-64(24-8-14-38-95)82(131)112-65(25-9-15-39-96)83(132)114-67(90(139)140)26-10-16-40-97/h3-4,19-20,29-32,47-48,52-53,59,61-73,103,120-121H,5-18,21-28,33-46,49-51,92-98H2,1-2H3,(H,101,106)(H,104,127)(H,105,137)(H,107,122)(H,108,123)(H,109,128)(H,110,129)(H,111,130)(H,112,131)(H,113,133)(H,114,132)(H,115,126)(H,116,136)(H,117,135)(H,118,134)(H,124,125)(H,139,140)(H4,99,100,102)/t59-,61-,62-,63-,64-,65-,66-,67-,68-,69-,70-,71-,72-,73-/m0/s1. The second kappa shape index (κ2) is 64.2. The van der Waals surface area contributed by atoms with E-state index in [9.17, 15) is 102 Å². The molecule has 0 saturated carbocycles. The summed E-state index contributed by atoms with van der Waals surface area (Å²) in [4.78, 5) is 250. The Morgan fingerprint density at radius 3 is 1.34 bits per heavy atom.